The molecule has 0 unspecified atom stereocenters. The molecule has 0 aromatic heterocycles. The van der Waals surface area contributed by atoms with Gasteiger partial charge in [-0.2, -0.15) is 0 Å². The third kappa shape index (κ3) is 2.10. The van der Waals surface area contributed by atoms with Crippen LogP contribution in [0.25, 0.3) is 0 Å². The highest BCUT2D eigenvalue weighted by molar-refractivity contribution is 6.05. The second-order valence-electron chi connectivity index (χ2n) is 10.9. The van der Waals surface area contributed by atoms with Crippen LogP contribution in [0.5, 0.6) is 0 Å². The largest absolute Gasteiger partial charge is 0.462 e. The molecule has 0 aromatic carbocycles. The lowest BCUT2D eigenvalue weighted by molar-refractivity contribution is -0.506. The second-order valence-corrected chi connectivity index (χ2v) is 10.9. The van der Waals surface area contributed by atoms with Crippen molar-refractivity contribution in [2.45, 2.75) is 76.8 Å². The van der Waals surface area contributed by atoms with Gasteiger partial charge in [0.25, 0.3) is 0 Å². The summed E-state index contributed by atoms with van der Waals surface area (Å²) in [5.41, 5.74) is -3.03. The Hall–Kier alpha value is -1.32. The van der Waals surface area contributed by atoms with E-state index < -0.39 is 76.1 Å². The lowest BCUT2D eigenvalue weighted by Crippen LogP contribution is -2.87. The van der Waals surface area contributed by atoms with Crippen LogP contribution >= 0.6 is 0 Å². The van der Waals surface area contributed by atoms with Gasteiger partial charge in [-0.1, -0.05) is 26.8 Å². The smallest absolute Gasteiger partial charge is 0.302 e. The molecule has 3 N–H and O–H groups in total. The van der Waals surface area contributed by atoms with E-state index in [2.05, 4.69) is 6.58 Å². The highest BCUT2D eigenvalue weighted by Crippen LogP contribution is 2.78. The minimum atomic E-state index is -2.40. The number of fused-ring (bicyclic) bond motifs is 2. The van der Waals surface area contributed by atoms with Crippen LogP contribution in [-0.4, -0.2) is 64.6 Å². The Labute approximate surface area is 181 Å². The molecule has 6 rings (SSSR count). The fourth-order valence-corrected chi connectivity index (χ4v) is 8.60. The van der Waals surface area contributed by atoms with E-state index in [4.69, 9.17) is 14.2 Å². The summed E-state index contributed by atoms with van der Waals surface area (Å²) in [4.78, 5) is 25.8. The standard InChI is InChI=1S/C23H32O8/c1-10-12-9-13(30-11(2)24)14-21-8-6-7-20(3,4)15(21)18(27)23(28,31-19(21)29-5)22(14,16(10)25)17(12)26/h12-15,17-19,26-28H,1,6-9H2,2-5H3/t12-,13-,14-,15+,17+,18-,19-,21+,22-,23+/m0/s1. The molecular formula is C23H32O8. The fourth-order valence-electron chi connectivity index (χ4n) is 8.60. The van der Waals surface area contributed by atoms with E-state index in [-0.39, 0.29) is 12.0 Å². The van der Waals surface area contributed by atoms with Gasteiger partial charge in [-0.15, -0.1) is 0 Å². The summed E-state index contributed by atoms with van der Waals surface area (Å²) in [6, 6.07) is 0. The summed E-state index contributed by atoms with van der Waals surface area (Å²) in [5, 5.41) is 35.1. The molecular weight excluding hydrogens is 404 g/mol. The molecule has 2 spiro atoms. The van der Waals surface area contributed by atoms with Crippen LogP contribution in [0.3, 0.4) is 0 Å². The SMILES string of the molecule is C=C1C(=O)[C@]23[C@H](O)[C@H]1C[C@H](OC(C)=O)[C@H]2[C@]12CCCC(C)(C)[C@H]1[C@H](O)[C@@]3(O)O[C@@H]2OC. The first-order valence-electron chi connectivity index (χ1n) is 11.1. The van der Waals surface area contributed by atoms with Crippen LogP contribution in [0.2, 0.25) is 0 Å². The van der Waals surface area contributed by atoms with Gasteiger partial charge in [0.15, 0.2) is 12.1 Å². The highest BCUT2D eigenvalue weighted by atomic mass is 16.8. The van der Waals surface area contributed by atoms with E-state index in [0.29, 0.717) is 6.42 Å². The molecule has 10 atom stereocenters. The zero-order chi connectivity index (χ0) is 22.7. The first-order chi connectivity index (χ1) is 14.4. The van der Waals surface area contributed by atoms with Crippen molar-refractivity contribution in [1.82, 2.24) is 0 Å². The third-order valence-corrected chi connectivity index (χ3v) is 9.31. The van der Waals surface area contributed by atoms with Crippen LogP contribution in [0.4, 0.5) is 0 Å². The summed E-state index contributed by atoms with van der Waals surface area (Å²) < 4.78 is 17.6. The van der Waals surface area contributed by atoms with Crippen LogP contribution in [0.1, 0.15) is 46.5 Å². The van der Waals surface area contributed by atoms with Gasteiger partial charge in [0.05, 0.1) is 6.10 Å². The van der Waals surface area contributed by atoms with Gasteiger partial charge in [0.2, 0.25) is 5.79 Å². The van der Waals surface area contributed by atoms with E-state index >= 15 is 0 Å². The zero-order valence-corrected chi connectivity index (χ0v) is 18.5. The second kappa shape index (κ2) is 6.17. The number of ketones is 1. The van der Waals surface area contributed by atoms with Crippen molar-refractivity contribution >= 4 is 11.8 Å². The molecule has 0 amide bonds. The number of hydrogen-bond acceptors (Lipinski definition) is 8. The molecule has 2 aliphatic heterocycles. The predicted octanol–water partition coefficient (Wildman–Crippen LogP) is 0.919. The Morgan fingerprint density at radius 1 is 1.19 bits per heavy atom. The number of methoxy groups -OCH3 is 1. The Morgan fingerprint density at radius 2 is 1.87 bits per heavy atom. The average Bonchev–Trinajstić information content (AvgIpc) is 2.79. The van der Waals surface area contributed by atoms with Crippen molar-refractivity contribution in [1.29, 1.82) is 0 Å². The van der Waals surface area contributed by atoms with Gasteiger partial charge in [-0.25, -0.2) is 0 Å². The first-order valence-corrected chi connectivity index (χ1v) is 11.1. The lowest BCUT2D eigenvalue weighted by Gasteiger charge is -2.75. The maximum absolute atomic E-state index is 13.8. The summed E-state index contributed by atoms with van der Waals surface area (Å²) in [5.74, 6) is -5.36. The molecule has 31 heavy (non-hydrogen) atoms. The minimum Gasteiger partial charge on any atom is -0.462 e. The van der Waals surface area contributed by atoms with Gasteiger partial charge < -0.3 is 29.5 Å². The van der Waals surface area contributed by atoms with Gasteiger partial charge >= 0.3 is 5.97 Å². The summed E-state index contributed by atoms with van der Waals surface area (Å²) in [6.45, 7) is 9.28. The van der Waals surface area contributed by atoms with E-state index in [1.165, 1.54) is 14.0 Å². The highest BCUT2D eigenvalue weighted by Gasteiger charge is 2.89. The fraction of sp³-hybridized carbons (Fsp3) is 0.826. The number of aliphatic hydroxyl groups is 3. The molecule has 4 bridgehead atoms. The average molecular weight is 437 g/mol. The van der Waals surface area contributed by atoms with E-state index in [1.807, 2.05) is 13.8 Å². The normalized spacial score (nSPS) is 54.4. The van der Waals surface area contributed by atoms with E-state index in [9.17, 15) is 24.9 Å². The van der Waals surface area contributed by atoms with Crippen molar-refractivity contribution in [2.75, 3.05) is 7.11 Å². The maximum Gasteiger partial charge on any atom is 0.302 e. The molecule has 0 radical (unpaired) electrons. The van der Waals surface area contributed by atoms with Crippen molar-refractivity contribution in [3.63, 3.8) is 0 Å². The lowest BCUT2D eigenvalue weighted by atomic mass is 9.35. The number of carbonyl (C=O) groups is 2. The minimum absolute atomic E-state index is 0.181. The van der Waals surface area contributed by atoms with Crippen molar-refractivity contribution in [3.8, 4) is 0 Å². The number of esters is 1. The Balaban J connectivity index is 1.84. The maximum atomic E-state index is 13.8. The van der Waals surface area contributed by atoms with E-state index in [1.54, 1.807) is 0 Å². The summed E-state index contributed by atoms with van der Waals surface area (Å²) in [6.07, 6.45) is -2.02. The summed E-state index contributed by atoms with van der Waals surface area (Å²) >= 11 is 0. The zero-order valence-electron chi connectivity index (χ0n) is 18.5. The van der Waals surface area contributed by atoms with Crippen LogP contribution < -0.4 is 0 Å². The van der Waals surface area contributed by atoms with Gasteiger partial charge in [0, 0.05) is 37.2 Å². The van der Waals surface area contributed by atoms with Crippen molar-refractivity contribution < 1.29 is 39.1 Å². The van der Waals surface area contributed by atoms with Crippen LogP contribution in [0.15, 0.2) is 12.2 Å². The van der Waals surface area contributed by atoms with Crippen molar-refractivity contribution in [3.05, 3.63) is 12.2 Å². The number of Topliss-reactive ketones (excluding diaryl/α,β-unsaturated/α-hetero) is 1. The molecule has 8 nitrogen and oxygen atoms in total. The predicted molar refractivity (Wildman–Crippen MR) is 106 cm³/mol. The van der Waals surface area contributed by atoms with Crippen LogP contribution in [-0.2, 0) is 23.8 Å². The number of rotatable bonds is 2. The Bertz CT molecular complexity index is 868. The molecule has 0 aromatic rings. The molecule has 4 aliphatic carbocycles. The van der Waals surface area contributed by atoms with Gasteiger partial charge in [0.1, 0.15) is 17.6 Å². The van der Waals surface area contributed by atoms with Gasteiger partial charge in [-0.3, -0.25) is 9.59 Å². The number of hydrogen-bond donors (Lipinski definition) is 3. The molecule has 172 valence electrons. The first kappa shape index (κ1) is 21.5. The Morgan fingerprint density at radius 3 is 2.48 bits per heavy atom. The number of carbonyl (C=O) groups excluding carboxylic acids is 2. The third-order valence-electron chi connectivity index (χ3n) is 9.31. The van der Waals surface area contributed by atoms with E-state index in [0.717, 1.165) is 12.8 Å². The monoisotopic (exact) mass is 436 g/mol. The van der Waals surface area contributed by atoms with Crippen LogP contribution in [0, 0.1) is 34.0 Å². The molecule has 6 aliphatic rings. The topological polar surface area (TPSA) is 123 Å². The Kier molecular flexibility index (Phi) is 4.28. The molecule has 8 heteroatoms. The quantitative estimate of drug-likeness (QED) is 0.431. The van der Waals surface area contributed by atoms with Gasteiger partial charge in [-0.05, 0) is 30.3 Å². The van der Waals surface area contributed by atoms with Crippen molar-refractivity contribution in [2.24, 2.45) is 34.0 Å². The molecule has 4 saturated carbocycles. The summed E-state index contributed by atoms with van der Waals surface area (Å²) in [7, 11) is 1.47. The molecule has 6 fully saturated rings. The number of aliphatic hydroxyl groups excluding tert-OH is 2. The molecule has 2 saturated heterocycles. The molecule has 2 heterocycles. The number of ether oxygens (including phenoxy) is 3.